The van der Waals surface area contributed by atoms with Crippen LogP contribution in [-0.4, -0.2) is 42.5 Å². The van der Waals surface area contributed by atoms with E-state index in [0.717, 1.165) is 12.1 Å². The molecule has 0 saturated heterocycles. The van der Waals surface area contributed by atoms with Crippen molar-refractivity contribution < 1.29 is 19.1 Å². The molecule has 2 amide bonds. The quantitative estimate of drug-likeness (QED) is 0.855. The minimum absolute atomic E-state index is 0.00741. The molecule has 0 fully saturated rings. The highest BCUT2D eigenvalue weighted by molar-refractivity contribution is 5.96. The number of carbonyl (C=O) groups is 2. The highest BCUT2D eigenvalue weighted by Gasteiger charge is 2.20. The molecule has 5 nitrogen and oxygen atoms in total. The molecule has 0 aromatic heterocycles. The Hall–Kier alpha value is -2.11. The maximum absolute atomic E-state index is 12.8. The van der Waals surface area contributed by atoms with Crippen molar-refractivity contribution >= 4 is 11.8 Å². The smallest absolute Gasteiger partial charge is 0.257 e. The number of rotatable bonds is 4. The summed E-state index contributed by atoms with van der Waals surface area (Å²) in [5.74, 6) is -2.04. The second-order valence-corrected chi connectivity index (χ2v) is 4.36. The zero-order valence-corrected chi connectivity index (χ0v) is 11.1. The maximum atomic E-state index is 12.8. The minimum Gasteiger partial charge on any atom is -0.507 e. The van der Waals surface area contributed by atoms with Gasteiger partial charge in [-0.05, 0) is 12.1 Å². The van der Waals surface area contributed by atoms with Crippen LogP contribution < -0.4 is 5.32 Å². The van der Waals surface area contributed by atoms with Gasteiger partial charge in [-0.25, -0.2) is 4.39 Å². The van der Waals surface area contributed by atoms with Crippen LogP contribution in [0.2, 0.25) is 0 Å². The number of carbonyl (C=O) groups excluding carboxylic acids is 2. The number of aromatic hydroxyl groups is 1. The van der Waals surface area contributed by atoms with Crippen molar-refractivity contribution in [3.8, 4) is 5.75 Å². The van der Waals surface area contributed by atoms with E-state index in [0.29, 0.717) is 0 Å². The summed E-state index contributed by atoms with van der Waals surface area (Å²) in [5.41, 5.74) is 0.00741. The molecule has 104 valence electrons. The molecule has 1 rings (SSSR count). The average molecular weight is 268 g/mol. The first kappa shape index (κ1) is 14.9. The lowest BCUT2D eigenvalue weighted by atomic mass is 10.1. The van der Waals surface area contributed by atoms with E-state index in [2.05, 4.69) is 5.32 Å². The molecule has 0 saturated carbocycles. The Morgan fingerprint density at radius 3 is 2.63 bits per heavy atom. The standard InChI is InChI=1S/C13H17FN2O3/c1-8(12(18)15-2)7-16(3)13(19)10-5-4-9(14)6-11(10)17/h4-6,8,17H,7H2,1-3H3,(H,15,18). The van der Waals surface area contributed by atoms with Crippen molar-refractivity contribution in [3.05, 3.63) is 29.6 Å². The van der Waals surface area contributed by atoms with Crippen LogP contribution in [0, 0.1) is 11.7 Å². The number of phenolic OH excluding ortho intramolecular Hbond substituents is 1. The number of hydrogen-bond donors (Lipinski definition) is 2. The summed E-state index contributed by atoms with van der Waals surface area (Å²) in [6.45, 7) is 1.89. The first-order valence-corrected chi connectivity index (χ1v) is 5.82. The van der Waals surface area contributed by atoms with Crippen LogP contribution in [0.4, 0.5) is 4.39 Å². The second kappa shape index (κ2) is 6.17. The summed E-state index contributed by atoms with van der Waals surface area (Å²) in [7, 11) is 3.04. The fourth-order valence-electron chi connectivity index (χ4n) is 1.71. The third-order valence-corrected chi connectivity index (χ3v) is 2.78. The van der Waals surface area contributed by atoms with Gasteiger partial charge >= 0.3 is 0 Å². The van der Waals surface area contributed by atoms with Gasteiger partial charge in [-0.2, -0.15) is 0 Å². The van der Waals surface area contributed by atoms with E-state index in [1.54, 1.807) is 6.92 Å². The molecule has 0 aliphatic carbocycles. The SMILES string of the molecule is CNC(=O)C(C)CN(C)C(=O)c1ccc(F)cc1O. The fraction of sp³-hybridized carbons (Fsp3) is 0.385. The van der Waals surface area contributed by atoms with Crippen LogP contribution in [0.25, 0.3) is 0 Å². The van der Waals surface area contributed by atoms with Gasteiger partial charge < -0.3 is 15.3 Å². The average Bonchev–Trinajstić information content (AvgIpc) is 2.36. The van der Waals surface area contributed by atoms with Crippen molar-refractivity contribution in [2.75, 3.05) is 20.6 Å². The van der Waals surface area contributed by atoms with E-state index in [1.165, 1.54) is 25.1 Å². The Morgan fingerprint density at radius 1 is 1.47 bits per heavy atom. The van der Waals surface area contributed by atoms with E-state index >= 15 is 0 Å². The molecule has 0 radical (unpaired) electrons. The van der Waals surface area contributed by atoms with Crippen molar-refractivity contribution in [1.29, 1.82) is 0 Å². The lowest BCUT2D eigenvalue weighted by Gasteiger charge is -2.21. The van der Waals surface area contributed by atoms with Crippen LogP contribution >= 0.6 is 0 Å². The first-order chi connectivity index (χ1) is 8.86. The number of nitrogens with one attached hydrogen (secondary N) is 1. The number of amides is 2. The largest absolute Gasteiger partial charge is 0.507 e. The van der Waals surface area contributed by atoms with E-state index < -0.39 is 17.5 Å². The molecule has 1 unspecified atom stereocenters. The van der Waals surface area contributed by atoms with Crippen LogP contribution in [0.15, 0.2) is 18.2 Å². The summed E-state index contributed by atoms with van der Waals surface area (Å²) in [6.07, 6.45) is 0. The van der Waals surface area contributed by atoms with Gasteiger partial charge in [0.15, 0.2) is 0 Å². The molecule has 0 aliphatic heterocycles. The molecule has 0 heterocycles. The van der Waals surface area contributed by atoms with Crippen molar-refractivity contribution in [3.63, 3.8) is 0 Å². The summed E-state index contributed by atoms with van der Waals surface area (Å²) < 4.78 is 12.8. The van der Waals surface area contributed by atoms with Gasteiger partial charge in [-0.1, -0.05) is 6.92 Å². The molecule has 1 atom stereocenters. The molecule has 1 aromatic carbocycles. The van der Waals surface area contributed by atoms with E-state index in [4.69, 9.17) is 0 Å². The topological polar surface area (TPSA) is 69.6 Å². The summed E-state index contributed by atoms with van der Waals surface area (Å²) in [4.78, 5) is 24.7. The van der Waals surface area contributed by atoms with Crippen molar-refractivity contribution in [1.82, 2.24) is 10.2 Å². The van der Waals surface area contributed by atoms with Crippen LogP contribution in [0.5, 0.6) is 5.75 Å². The Morgan fingerprint density at radius 2 is 2.11 bits per heavy atom. The summed E-state index contributed by atoms with van der Waals surface area (Å²) >= 11 is 0. The van der Waals surface area contributed by atoms with Gasteiger partial charge in [0.1, 0.15) is 11.6 Å². The zero-order valence-electron chi connectivity index (χ0n) is 11.1. The van der Waals surface area contributed by atoms with E-state index in [-0.39, 0.29) is 23.9 Å². The van der Waals surface area contributed by atoms with Crippen LogP contribution in [-0.2, 0) is 4.79 Å². The molecular weight excluding hydrogens is 251 g/mol. The van der Waals surface area contributed by atoms with Crippen LogP contribution in [0.3, 0.4) is 0 Å². The molecule has 0 bridgehead atoms. The third-order valence-electron chi connectivity index (χ3n) is 2.78. The number of halogens is 1. The molecule has 19 heavy (non-hydrogen) atoms. The van der Waals surface area contributed by atoms with Gasteiger partial charge in [-0.15, -0.1) is 0 Å². The predicted molar refractivity (Wildman–Crippen MR) is 68.3 cm³/mol. The second-order valence-electron chi connectivity index (χ2n) is 4.36. The van der Waals surface area contributed by atoms with Gasteiger partial charge in [0.2, 0.25) is 5.91 Å². The molecule has 1 aromatic rings. The van der Waals surface area contributed by atoms with Crippen molar-refractivity contribution in [2.24, 2.45) is 5.92 Å². The Kier molecular flexibility index (Phi) is 4.86. The van der Waals surface area contributed by atoms with Crippen LogP contribution in [0.1, 0.15) is 17.3 Å². The zero-order chi connectivity index (χ0) is 14.6. The van der Waals surface area contributed by atoms with E-state index in [1.807, 2.05) is 0 Å². The highest BCUT2D eigenvalue weighted by atomic mass is 19.1. The van der Waals surface area contributed by atoms with Gasteiger partial charge in [0, 0.05) is 26.7 Å². The Balaban J connectivity index is 2.79. The molecule has 0 aliphatic rings. The molecular formula is C13H17FN2O3. The number of phenols is 1. The lowest BCUT2D eigenvalue weighted by Crippen LogP contribution is -2.37. The third kappa shape index (κ3) is 3.67. The maximum Gasteiger partial charge on any atom is 0.257 e. The summed E-state index contributed by atoms with van der Waals surface area (Å²) in [6, 6.07) is 3.19. The Bertz CT molecular complexity index is 491. The van der Waals surface area contributed by atoms with Crippen molar-refractivity contribution in [2.45, 2.75) is 6.92 Å². The number of hydrogen-bond acceptors (Lipinski definition) is 3. The molecule has 0 spiro atoms. The predicted octanol–water partition coefficient (Wildman–Crippen LogP) is 0.985. The monoisotopic (exact) mass is 268 g/mol. The number of benzene rings is 1. The Labute approximate surface area is 111 Å². The highest BCUT2D eigenvalue weighted by Crippen LogP contribution is 2.19. The first-order valence-electron chi connectivity index (χ1n) is 5.82. The van der Waals surface area contributed by atoms with E-state index in [9.17, 15) is 19.1 Å². The lowest BCUT2D eigenvalue weighted by molar-refractivity contribution is -0.124. The molecule has 2 N–H and O–H groups in total. The van der Waals surface area contributed by atoms with Gasteiger partial charge in [0.25, 0.3) is 5.91 Å². The summed E-state index contributed by atoms with van der Waals surface area (Å²) in [5, 5.41) is 12.0. The minimum atomic E-state index is -0.615. The molecule has 6 heteroatoms. The van der Waals surface area contributed by atoms with Gasteiger partial charge in [0.05, 0.1) is 11.5 Å². The normalized spacial score (nSPS) is 11.8. The number of nitrogens with zero attached hydrogens (tertiary/aromatic N) is 1. The van der Waals surface area contributed by atoms with Gasteiger partial charge in [-0.3, -0.25) is 9.59 Å². The fourth-order valence-corrected chi connectivity index (χ4v) is 1.71.